The van der Waals surface area contributed by atoms with E-state index in [0.717, 1.165) is 17.7 Å². The first kappa shape index (κ1) is 15.3. The lowest BCUT2D eigenvalue weighted by Gasteiger charge is -2.16. The van der Waals surface area contributed by atoms with E-state index in [1.165, 1.54) is 0 Å². The number of fused-ring (bicyclic) bond motifs is 1. The van der Waals surface area contributed by atoms with Crippen molar-refractivity contribution in [3.05, 3.63) is 48.0 Å². The minimum absolute atomic E-state index is 0.00123. The lowest BCUT2D eigenvalue weighted by molar-refractivity contribution is -0.116. The number of hydrogen-bond acceptors (Lipinski definition) is 3. The van der Waals surface area contributed by atoms with Crippen LogP contribution >= 0.6 is 0 Å². The molecule has 0 aliphatic carbocycles. The van der Waals surface area contributed by atoms with Crippen molar-refractivity contribution in [2.24, 2.45) is 0 Å². The standard InChI is InChI=1S/C17H20N4O2/c1-12(10-20-8-6-18-11-20)19-17(23)15-3-4-16-14(9-15)5-7-21(16)13(2)22/h3-4,6,8-9,11-12H,5,7,10H2,1-2H3,(H,19,23)/t12-/m1/s1. The predicted molar refractivity (Wildman–Crippen MR) is 87.3 cm³/mol. The Kier molecular flexibility index (Phi) is 4.14. The predicted octanol–water partition coefficient (Wildman–Crippen LogP) is 1.61. The van der Waals surface area contributed by atoms with E-state index in [1.54, 1.807) is 30.4 Å². The first-order valence-corrected chi connectivity index (χ1v) is 7.72. The van der Waals surface area contributed by atoms with E-state index >= 15 is 0 Å². The van der Waals surface area contributed by atoms with Crippen LogP contribution < -0.4 is 10.2 Å². The minimum Gasteiger partial charge on any atom is -0.348 e. The Morgan fingerprint density at radius 2 is 2.22 bits per heavy atom. The van der Waals surface area contributed by atoms with Gasteiger partial charge in [-0.25, -0.2) is 4.98 Å². The van der Waals surface area contributed by atoms with Crippen LogP contribution in [-0.2, 0) is 17.8 Å². The molecule has 1 aromatic carbocycles. The molecule has 2 amide bonds. The number of carbonyl (C=O) groups excluding carboxylic acids is 2. The molecule has 6 heteroatoms. The summed E-state index contributed by atoms with van der Waals surface area (Å²) < 4.78 is 1.93. The maximum absolute atomic E-state index is 12.4. The van der Waals surface area contributed by atoms with Gasteiger partial charge in [-0.05, 0) is 37.1 Å². The second-order valence-corrected chi connectivity index (χ2v) is 5.90. The normalized spacial score (nSPS) is 14.4. The number of nitrogens with zero attached hydrogens (tertiary/aromatic N) is 3. The van der Waals surface area contributed by atoms with Crippen LogP contribution in [0, 0.1) is 0 Å². The Hall–Kier alpha value is -2.63. The second kappa shape index (κ2) is 6.24. The van der Waals surface area contributed by atoms with Gasteiger partial charge < -0.3 is 14.8 Å². The van der Waals surface area contributed by atoms with E-state index in [-0.39, 0.29) is 17.9 Å². The molecule has 2 heterocycles. The summed E-state index contributed by atoms with van der Waals surface area (Å²) in [6.45, 7) is 4.89. The molecular weight excluding hydrogens is 292 g/mol. The maximum atomic E-state index is 12.4. The van der Waals surface area contributed by atoms with Gasteiger partial charge in [0.15, 0.2) is 0 Å². The monoisotopic (exact) mass is 312 g/mol. The average molecular weight is 312 g/mol. The summed E-state index contributed by atoms with van der Waals surface area (Å²) in [7, 11) is 0. The van der Waals surface area contributed by atoms with Crippen LogP contribution in [0.15, 0.2) is 36.9 Å². The number of rotatable bonds is 4. The molecule has 1 N–H and O–H groups in total. The molecule has 2 aromatic rings. The van der Waals surface area contributed by atoms with Gasteiger partial charge in [0.2, 0.25) is 5.91 Å². The van der Waals surface area contributed by atoms with Crippen molar-refractivity contribution in [3.8, 4) is 0 Å². The minimum atomic E-state index is -0.0957. The summed E-state index contributed by atoms with van der Waals surface area (Å²) in [6, 6.07) is 5.52. The van der Waals surface area contributed by atoms with Gasteiger partial charge in [0, 0.05) is 49.7 Å². The summed E-state index contributed by atoms with van der Waals surface area (Å²) in [5, 5.41) is 2.99. The van der Waals surface area contributed by atoms with Crippen molar-refractivity contribution in [3.63, 3.8) is 0 Å². The Morgan fingerprint density at radius 3 is 2.91 bits per heavy atom. The third-order valence-electron chi connectivity index (χ3n) is 4.04. The zero-order valence-electron chi connectivity index (χ0n) is 13.3. The molecule has 0 fully saturated rings. The van der Waals surface area contributed by atoms with Gasteiger partial charge >= 0.3 is 0 Å². The number of imidazole rings is 1. The molecule has 1 aliphatic rings. The number of amides is 2. The van der Waals surface area contributed by atoms with E-state index in [4.69, 9.17) is 0 Å². The molecule has 23 heavy (non-hydrogen) atoms. The third-order valence-corrected chi connectivity index (χ3v) is 4.04. The smallest absolute Gasteiger partial charge is 0.251 e. The highest BCUT2D eigenvalue weighted by Gasteiger charge is 2.23. The average Bonchev–Trinajstić information content (AvgIpc) is 3.14. The number of carbonyl (C=O) groups is 2. The molecule has 6 nitrogen and oxygen atoms in total. The Labute approximate surface area is 135 Å². The molecule has 1 aromatic heterocycles. The van der Waals surface area contributed by atoms with Crippen molar-refractivity contribution in [1.29, 1.82) is 0 Å². The molecule has 0 saturated heterocycles. The number of hydrogen-bond donors (Lipinski definition) is 1. The van der Waals surface area contributed by atoms with Crippen LogP contribution in [0.3, 0.4) is 0 Å². The molecule has 0 saturated carbocycles. The lowest BCUT2D eigenvalue weighted by Crippen LogP contribution is -2.35. The molecular formula is C17H20N4O2. The van der Waals surface area contributed by atoms with Crippen LogP contribution in [0.1, 0.15) is 29.8 Å². The molecule has 0 bridgehead atoms. The maximum Gasteiger partial charge on any atom is 0.251 e. The fraction of sp³-hybridized carbons (Fsp3) is 0.353. The highest BCUT2D eigenvalue weighted by molar-refractivity contribution is 5.97. The van der Waals surface area contributed by atoms with Gasteiger partial charge in [0.05, 0.1) is 6.33 Å². The van der Waals surface area contributed by atoms with Crippen molar-refractivity contribution in [2.45, 2.75) is 32.9 Å². The Morgan fingerprint density at radius 1 is 1.39 bits per heavy atom. The van der Waals surface area contributed by atoms with E-state index in [9.17, 15) is 9.59 Å². The van der Waals surface area contributed by atoms with Gasteiger partial charge in [-0.3, -0.25) is 9.59 Å². The largest absolute Gasteiger partial charge is 0.348 e. The summed E-state index contributed by atoms with van der Waals surface area (Å²) in [5.74, 6) is -0.0587. The van der Waals surface area contributed by atoms with Crippen LogP contribution in [0.4, 0.5) is 5.69 Å². The highest BCUT2D eigenvalue weighted by Crippen LogP contribution is 2.28. The Bertz CT molecular complexity index is 724. The fourth-order valence-corrected chi connectivity index (χ4v) is 2.93. The quantitative estimate of drug-likeness (QED) is 0.932. The third kappa shape index (κ3) is 3.26. The van der Waals surface area contributed by atoms with Gasteiger partial charge in [-0.1, -0.05) is 0 Å². The van der Waals surface area contributed by atoms with Crippen molar-refractivity contribution < 1.29 is 9.59 Å². The fourth-order valence-electron chi connectivity index (χ4n) is 2.93. The summed E-state index contributed by atoms with van der Waals surface area (Å²) in [5.41, 5.74) is 2.60. The number of aromatic nitrogens is 2. The molecule has 0 radical (unpaired) electrons. The second-order valence-electron chi connectivity index (χ2n) is 5.90. The van der Waals surface area contributed by atoms with Crippen LogP contribution in [0.2, 0.25) is 0 Å². The SMILES string of the molecule is CC(=O)N1CCc2cc(C(=O)N[C@H](C)Cn3ccnc3)ccc21. The first-order valence-electron chi connectivity index (χ1n) is 7.72. The number of benzene rings is 1. The first-order chi connectivity index (χ1) is 11.0. The molecule has 120 valence electrons. The molecule has 1 atom stereocenters. The lowest BCUT2D eigenvalue weighted by atomic mass is 10.1. The van der Waals surface area contributed by atoms with E-state index in [0.29, 0.717) is 18.7 Å². The van der Waals surface area contributed by atoms with Crippen LogP contribution in [-0.4, -0.2) is 34.0 Å². The summed E-state index contributed by atoms with van der Waals surface area (Å²) in [6.07, 6.45) is 6.11. The van der Waals surface area contributed by atoms with Gasteiger partial charge in [0.1, 0.15) is 0 Å². The summed E-state index contributed by atoms with van der Waals surface area (Å²) in [4.78, 5) is 29.7. The van der Waals surface area contributed by atoms with Crippen LogP contribution in [0.25, 0.3) is 0 Å². The van der Waals surface area contributed by atoms with Gasteiger partial charge in [0.25, 0.3) is 5.91 Å². The van der Waals surface area contributed by atoms with Gasteiger partial charge in [-0.2, -0.15) is 0 Å². The van der Waals surface area contributed by atoms with Crippen LogP contribution in [0.5, 0.6) is 0 Å². The summed E-state index contributed by atoms with van der Waals surface area (Å²) >= 11 is 0. The topological polar surface area (TPSA) is 67.2 Å². The van der Waals surface area contributed by atoms with Crippen molar-refractivity contribution in [1.82, 2.24) is 14.9 Å². The Balaban J connectivity index is 1.67. The van der Waals surface area contributed by atoms with Crippen molar-refractivity contribution >= 4 is 17.5 Å². The van der Waals surface area contributed by atoms with Crippen molar-refractivity contribution in [2.75, 3.05) is 11.4 Å². The van der Waals surface area contributed by atoms with E-state index < -0.39 is 0 Å². The number of anilines is 1. The molecule has 0 spiro atoms. The van der Waals surface area contributed by atoms with E-state index in [2.05, 4.69) is 10.3 Å². The zero-order chi connectivity index (χ0) is 16.4. The van der Waals surface area contributed by atoms with Gasteiger partial charge in [-0.15, -0.1) is 0 Å². The molecule has 0 unspecified atom stereocenters. The highest BCUT2D eigenvalue weighted by atomic mass is 16.2. The molecule has 1 aliphatic heterocycles. The molecule has 3 rings (SSSR count). The zero-order valence-corrected chi connectivity index (χ0v) is 13.3. The van der Waals surface area contributed by atoms with E-state index in [1.807, 2.05) is 29.8 Å². The number of nitrogens with one attached hydrogen (secondary N) is 1.